The average Bonchev–Trinajstić information content (AvgIpc) is 3.40. The summed E-state index contributed by atoms with van der Waals surface area (Å²) in [7, 11) is 0. The van der Waals surface area contributed by atoms with Crippen LogP contribution in [0.25, 0.3) is 5.82 Å². The lowest BCUT2D eigenvalue weighted by Gasteiger charge is -2.37. The monoisotopic (exact) mass is 372 g/mol. The van der Waals surface area contributed by atoms with Crippen LogP contribution < -0.4 is 5.32 Å². The lowest BCUT2D eigenvalue weighted by molar-refractivity contribution is 0.140. The van der Waals surface area contributed by atoms with Crippen molar-refractivity contribution < 1.29 is 0 Å². The highest BCUT2D eigenvalue weighted by Gasteiger charge is 2.30. The van der Waals surface area contributed by atoms with Crippen molar-refractivity contribution in [2.45, 2.75) is 44.3 Å². The predicted molar refractivity (Wildman–Crippen MR) is 113 cm³/mol. The Morgan fingerprint density at radius 2 is 1.79 bits per heavy atom. The molecule has 1 aliphatic heterocycles. The van der Waals surface area contributed by atoms with Crippen molar-refractivity contribution in [2.24, 2.45) is 0 Å². The highest BCUT2D eigenvalue weighted by molar-refractivity contribution is 5.33. The minimum absolute atomic E-state index is 0.560. The van der Waals surface area contributed by atoms with E-state index in [-0.39, 0.29) is 0 Å². The number of benzene rings is 1. The van der Waals surface area contributed by atoms with Crippen molar-refractivity contribution >= 4 is 0 Å². The molecule has 1 aliphatic carbocycles. The Bertz CT molecular complexity index is 892. The number of hydrogen-bond acceptors (Lipinski definition) is 3. The molecule has 0 amide bonds. The van der Waals surface area contributed by atoms with Crippen LogP contribution in [0, 0.1) is 0 Å². The van der Waals surface area contributed by atoms with Crippen LogP contribution in [0.1, 0.15) is 29.7 Å². The molecule has 3 heterocycles. The van der Waals surface area contributed by atoms with E-state index >= 15 is 0 Å². The molecule has 1 saturated heterocycles. The van der Waals surface area contributed by atoms with Gasteiger partial charge in [-0.05, 0) is 67.6 Å². The smallest absolute Gasteiger partial charge is 0.136 e. The van der Waals surface area contributed by atoms with E-state index in [0.29, 0.717) is 12.1 Å². The molecular formula is C24H28N4. The average molecular weight is 373 g/mol. The molecule has 3 aromatic rings. The highest BCUT2D eigenvalue weighted by Crippen LogP contribution is 2.27. The summed E-state index contributed by atoms with van der Waals surface area (Å²) in [6.07, 6.45) is 8.93. The maximum Gasteiger partial charge on any atom is 0.136 e. The predicted octanol–water partition coefficient (Wildman–Crippen LogP) is 3.59. The number of fused-ring (bicyclic) bond motifs is 1. The fourth-order valence-electron chi connectivity index (χ4n) is 4.83. The Morgan fingerprint density at radius 3 is 2.57 bits per heavy atom. The van der Waals surface area contributed by atoms with Gasteiger partial charge in [0.2, 0.25) is 0 Å². The Kier molecular flexibility index (Phi) is 4.98. The zero-order valence-electron chi connectivity index (χ0n) is 16.3. The number of nitrogens with one attached hydrogen (secondary N) is 1. The standard InChI is InChI=1S/C24H28N4/c1-2-8-20-16-23(15-19(20)7-1)27-13-5-9-21(18-27)26-17-22-10-6-14-28(22)24-11-3-4-12-25-24/h1-4,6-8,10-12,14,21,23,26H,5,9,13,15-18H2. The van der Waals surface area contributed by atoms with Crippen LogP contribution in [0.2, 0.25) is 0 Å². The third kappa shape index (κ3) is 3.62. The SMILES string of the molecule is c1ccc(-n2cccc2CNC2CCCN(C3Cc4ccccc4C3)C2)nc1. The molecule has 4 heteroatoms. The molecule has 0 saturated carbocycles. The largest absolute Gasteiger partial charge is 0.307 e. The molecule has 2 aromatic heterocycles. The number of hydrogen-bond donors (Lipinski definition) is 1. The molecule has 5 rings (SSSR count). The Hall–Kier alpha value is -2.43. The summed E-state index contributed by atoms with van der Waals surface area (Å²) in [5.41, 5.74) is 4.37. The number of rotatable bonds is 5. The lowest BCUT2D eigenvalue weighted by Crippen LogP contribution is -2.49. The van der Waals surface area contributed by atoms with Crippen molar-refractivity contribution in [1.82, 2.24) is 19.8 Å². The second-order valence-corrected chi connectivity index (χ2v) is 8.10. The van der Waals surface area contributed by atoms with E-state index in [4.69, 9.17) is 0 Å². The van der Waals surface area contributed by atoms with E-state index in [2.05, 4.69) is 68.4 Å². The van der Waals surface area contributed by atoms with E-state index in [1.54, 1.807) is 11.1 Å². The molecule has 28 heavy (non-hydrogen) atoms. The second kappa shape index (κ2) is 7.90. The van der Waals surface area contributed by atoms with Gasteiger partial charge in [0.1, 0.15) is 5.82 Å². The minimum atomic E-state index is 0.560. The van der Waals surface area contributed by atoms with Gasteiger partial charge in [-0.15, -0.1) is 0 Å². The third-order valence-corrected chi connectivity index (χ3v) is 6.30. The Balaban J connectivity index is 1.20. The van der Waals surface area contributed by atoms with Crippen LogP contribution in [0.15, 0.2) is 67.0 Å². The molecule has 1 unspecified atom stereocenters. The topological polar surface area (TPSA) is 33.1 Å². The van der Waals surface area contributed by atoms with Gasteiger partial charge in [-0.25, -0.2) is 4.98 Å². The fraction of sp³-hybridized carbons (Fsp3) is 0.375. The summed E-state index contributed by atoms with van der Waals surface area (Å²) in [5, 5.41) is 3.82. The molecule has 0 radical (unpaired) electrons. The van der Waals surface area contributed by atoms with Crippen LogP contribution in [-0.2, 0) is 19.4 Å². The number of pyridine rings is 1. The van der Waals surface area contributed by atoms with Gasteiger partial charge >= 0.3 is 0 Å². The van der Waals surface area contributed by atoms with Crippen molar-refractivity contribution in [2.75, 3.05) is 13.1 Å². The van der Waals surface area contributed by atoms with Gasteiger partial charge in [0.15, 0.2) is 0 Å². The van der Waals surface area contributed by atoms with Crippen molar-refractivity contribution in [1.29, 1.82) is 0 Å². The van der Waals surface area contributed by atoms with E-state index in [9.17, 15) is 0 Å². The summed E-state index contributed by atoms with van der Waals surface area (Å²) in [4.78, 5) is 7.21. The van der Waals surface area contributed by atoms with Gasteiger partial charge in [0.05, 0.1) is 0 Å². The van der Waals surface area contributed by atoms with Gasteiger partial charge in [0, 0.05) is 43.3 Å². The zero-order chi connectivity index (χ0) is 18.8. The van der Waals surface area contributed by atoms with Crippen molar-refractivity contribution in [3.63, 3.8) is 0 Å². The Morgan fingerprint density at radius 1 is 0.964 bits per heavy atom. The first kappa shape index (κ1) is 17.7. The summed E-state index contributed by atoms with van der Waals surface area (Å²) < 4.78 is 2.18. The van der Waals surface area contributed by atoms with Gasteiger partial charge in [-0.1, -0.05) is 30.3 Å². The maximum absolute atomic E-state index is 4.49. The van der Waals surface area contributed by atoms with E-state index in [0.717, 1.165) is 18.9 Å². The first-order chi connectivity index (χ1) is 13.9. The van der Waals surface area contributed by atoms with Gasteiger partial charge in [-0.3, -0.25) is 4.90 Å². The summed E-state index contributed by atoms with van der Waals surface area (Å²) in [5.74, 6) is 0.985. The van der Waals surface area contributed by atoms with E-state index < -0.39 is 0 Å². The molecule has 0 bridgehead atoms. The van der Waals surface area contributed by atoms with Crippen molar-refractivity contribution in [3.8, 4) is 5.82 Å². The normalized spacial score (nSPS) is 20.4. The molecule has 0 spiro atoms. The van der Waals surface area contributed by atoms with Crippen LogP contribution in [-0.4, -0.2) is 39.6 Å². The summed E-state index contributed by atoms with van der Waals surface area (Å²) >= 11 is 0. The van der Waals surface area contributed by atoms with Gasteiger partial charge in [-0.2, -0.15) is 0 Å². The fourth-order valence-corrected chi connectivity index (χ4v) is 4.83. The number of likely N-dealkylation sites (tertiary alicyclic amines) is 1. The number of nitrogens with zero attached hydrogens (tertiary/aromatic N) is 3. The van der Waals surface area contributed by atoms with E-state index in [1.165, 1.54) is 37.9 Å². The third-order valence-electron chi connectivity index (χ3n) is 6.30. The quantitative estimate of drug-likeness (QED) is 0.743. The van der Waals surface area contributed by atoms with Crippen LogP contribution >= 0.6 is 0 Å². The summed E-state index contributed by atoms with van der Waals surface area (Å²) in [6.45, 7) is 3.27. The van der Waals surface area contributed by atoms with Crippen LogP contribution in [0.5, 0.6) is 0 Å². The molecule has 1 fully saturated rings. The van der Waals surface area contributed by atoms with Crippen LogP contribution in [0.3, 0.4) is 0 Å². The molecule has 2 aliphatic rings. The number of aromatic nitrogens is 2. The van der Waals surface area contributed by atoms with Gasteiger partial charge < -0.3 is 9.88 Å². The number of piperidine rings is 1. The van der Waals surface area contributed by atoms with Gasteiger partial charge in [0.25, 0.3) is 0 Å². The summed E-state index contributed by atoms with van der Waals surface area (Å²) in [6, 6.07) is 20.6. The minimum Gasteiger partial charge on any atom is -0.307 e. The van der Waals surface area contributed by atoms with Crippen molar-refractivity contribution in [3.05, 3.63) is 83.8 Å². The highest BCUT2D eigenvalue weighted by atomic mass is 15.2. The first-order valence-electron chi connectivity index (χ1n) is 10.5. The van der Waals surface area contributed by atoms with Crippen LogP contribution in [0.4, 0.5) is 0 Å². The molecule has 1 aromatic carbocycles. The lowest BCUT2D eigenvalue weighted by atomic mass is 10.0. The first-order valence-corrected chi connectivity index (χ1v) is 10.5. The molecule has 4 nitrogen and oxygen atoms in total. The molecule has 1 atom stereocenters. The second-order valence-electron chi connectivity index (χ2n) is 8.10. The maximum atomic E-state index is 4.49. The molecular weight excluding hydrogens is 344 g/mol. The zero-order valence-corrected chi connectivity index (χ0v) is 16.3. The van der Waals surface area contributed by atoms with E-state index in [1.807, 2.05) is 18.3 Å². The molecule has 1 N–H and O–H groups in total. The molecule has 144 valence electrons. The Labute approximate surface area is 167 Å².